The van der Waals surface area contributed by atoms with Gasteiger partial charge in [-0.15, -0.1) is 0 Å². The number of rotatable bonds is 4. The average molecular weight is 327 g/mol. The average Bonchev–Trinajstić information content (AvgIpc) is 2.73. The number of piperidine rings is 1. The van der Waals surface area contributed by atoms with Crippen molar-refractivity contribution in [3.05, 3.63) is 11.7 Å². The van der Waals surface area contributed by atoms with Crippen LogP contribution in [0.3, 0.4) is 0 Å². The molecule has 0 saturated carbocycles. The monoisotopic (exact) mass is 327 g/mol. The van der Waals surface area contributed by atoms with Crippen LogP contribution in [-0.4, -0.2) is 54.2 Å². The van der Waals surface area contributed by atoms with Crippen LogP contribution >= 0.6 is 0 Å². The molecule has 0 aromatic carbocycles. The van der Waals surface area contributed by atoms with Crippen LogP contribution in [0.25, 0.3) is 0 Å². The number of hydrogen-bond acceptors (Lipinski definition) is 6. The van der Waals surface area contributed by atoms with E-state index in [1.54, 1.807) is 4.90 Å². The summed E-state index contributed by atoms with van der Waals surface area (Å²) in [5.41, 5.74) is 0. The van der Waals surface area contributed by atoms with E-state index in [1.807, 2.05) is 0 Å². The van der Waals surface area contributed by atoms with E-state index < -0.39 is 33.5 Å². The molecule has 21 heavy (non-hydrogen) atoms. The van der Waals surface area contributed by atoms with Gasteiger partial charge in [-0.25, -0.2) is 8.42 Å². The predicted molar refractivity (Wildman–Crippen MR) is 67.2 cm³/mol. The molecule has 0 N–H and O–H groups in total. The molecule has 120 valence electrons. The minimum absolute atomic E-state index is 0.0726. The molecule has 2 rings (SSSR count). The Morgan fingerprint density at radius 3 is 2.76 bits per heavy atom. The van der Waals surface area contributed by atoms with E-state index in [1.165, 1.54) is 6.26 Å². The zero-order chi connectivity index (χ0) is 15.7. The summed E-state index contributed by atoms with van der Waals surface area (Å²) in [6, 6.07) is 0. The zero-order valence-corrected chi connectivity index (χ0v) is 12.2. The summed E-state index contributed by atoms with van der Waals surface area (Å²) < 4.78 is 64.4. The Bertz CT molecular complexity index is 585. The molecule has 1 fully saturated rings. The molecule has 1 unspecified atom stereocenters. The molecule has 0 radical (unpaired) electrons. The molecule has 1 aliphatic rings. The fraction of sp³-hybridized carbons (Fsp3) is 0.818. The van der Waals surface area contributed by atoms with Gasteiger partial charge in [0.05, 0.1) is 11.8 Å². The lowest BCUT2D eigenvalue weighted by molar-refractivity contribution is -0.128. The van der Waals surface area contributed by atoms with Crippen molar-refractivity contribution in [2.75, 3.05) is 19.3 Å². The Hall–Kier alpha value is -1.16. The van der Waals surface area contributed by atoms with Crippen molar-refractivity contribution in [1.29, 1.82) is 0 Å². The van der Waals surface area contributed by atoms with Crippen molar-refractivity contribution in [2.24, 2.45) is 0 Å². The van der Waals surface area contributed by atoms with E-state index in [2.05, 4.69) is 10.1 Å². The fourth-order valence-electron chi connectivity index (χ4n) is 2.30. The predicted octanol–water partition coefficient (Wildman–Crippen LogP) is 1.18. The van der Waals surface area contributed by atoms with Crippen LogP contribution in [0.5, 0.6) is 0 Å². The molecule has 1 aromatic heterocycles. The summed E-state index contributed by atoms with van der Waals surface area (Å²) in [4.78, 5) is 5.49. The Labute approximate surface area is 120 Å². The Balaban J connectivity index is 1.96. The number of alkyl halides is 3. The topological polar surface area (TPSA) is 76.3 Å². The van der Waals surface area contributed by atoms with Crippen molar-refractivity contribution in [3.63, 3.8) is 0 Å². The van der Waals surface area contributed by atoms with E-state index in [-0.39, 0.29) is 12.4 Å². The van der Waals surface area contributed by atoms with E-state index in [0.29, 0.717) is 25.9 Å². The minimum atomic E-state index is -4.38. The normalized spacial score (nSPS) is 21.6. The van der Waals surface area contributed by atoms with Gasteiger partial charge in [0.2, 0.25) is 5.89 Å². The number of nitrogens with zero attached hydrogens (tertiary/aromatic N) is 3. The third-order valence-corrected chi connectivity index (χ3v) is 4.89. The highest BCUT2D eigenvalue weighted by Gasteiger charge is 2.31. The lowest BCUT2D eigenvalue weighted by Crippen LogP contribution is -2.41. The lowest BCUT2D eigenvalue weighted by atomic mass is 10.1. The van der Waals surface area contributed by atoms with Gasteiger partial charge < -0.3 is 4.52 Å². The van der Waals surface area contributed by atoms with Gasteiger partial charge in [0.15, 0.2) is 15.7 Å². The van der Waals surface area contributed by atoms with Crippen molar-refractivity contribution in [1.82, 2.24) is 15.0 Å². The maximum absolute atomic E-state index is 12.2. The Morgan fingerprint density at radius 2 is 2.14 bits per heavy atom. The lowest BCUT2D eigenvalue weighted by Gasteiger charge is -2.30. The van der Waals surface area contributed by atoms with Crippen LogP contribution in [0.4, 0.5) is 13.2 Å². The van der Waals surface area contributed by atoms with E-state index in [9.17, 15) is 21.6 Å². The zero-order valence-electron chi connectivity index (χ0n) is 11.4. The highest BCUT2D eigenvalue weighted by Crippen LogP contribution is 2.21. The summed E-state index contributed by atoms with van der Waals surface area (Å²) >= 11 is 0. The largest absolute Gasteiger partial charge is 0.396 e. The van der Waals surface area contributed by atoms with Gasteiger partial charge in [-0.05, 0) is 19.4 Å². The van der Waals surface area contributed by atoms with Crippen molar-refractivity contribution in [3.8, 4) is 0 Å². The molecule has 1 atom stereocenters. The highest BCUT2D eigenvalue weighted by atomic mass is 32.2. The van der Waals surface area contributed by atoms with Crippen LogP contribution in [-0.2, 0) is 22.8 Å². The summed E-state index contributed by atoms with van der Waals surface area (Å²) in [5, 5.41) is 2.83. The first kappa shape index (κ1) is 16.2. The summed E-state index contributed by atoms with van der Waals surface area (Å²) in [7, 11) is -3.13. The second-order valence-electron chi connectivity index (χ2n) is 5.23. The van der Waals surface area contributed by atoms with Crippen LogP contribution < -0.4 is 0 Å². The molecule has 10 heteroatoms. The number of sulfone groups is 1. The maximum atomic E-state index is 12.2. The standard InChI is InChI=1S/C11H16F3N3O3S/c1-21(18,19)8-3-2-4-17(6-8)7-10-15-9(16-20-10)5-11(12,13)14/h8H,2-7H2,1H3. The molecule has 1 aromatic rings. The van der Waals surface area contributed by atoms with E-state index >= 15 is 0 Å². The first-order valence-electron chi connectivity index (χ1n) is 6.43. The van der Waals surface area contributed by atoms with Crippen LogP contribution in [0.2, 0.25) is 0 Å². The Morgan fingerprint density at radius 1 is 1.43 bits per heavy atom. The second-order valence-corrected chi connectivity index (χ2v) is 7.55. The van der Waals surface area contributed by atoms with Crippen molar-refractivity contribution < 1.29 is 26.1 Å². The van der Waals surface area contributed by atoms with Gasteiger partial charge in [-0.1, -0.05) is 5.16 Å². The first-order valence-corrected chi connectivity index (χ1v) is 8.38. The van der Waals surface area contributed by atoms with Gasteiger partial charge in [0.1, 0.15) is 6.42 Å². The molecular formula is C11H16F3N3O3S. The van der Waals surface area contributed by atoms with E-state index in [0.717, 1.165) is 0 Å². The fourth-order valence-corrected chi connectivity index (χ4v) is 3.38. The van der Waals surface area contributed by atoms with Gasteiger partial charge in [0, 0.05) is 12.8 Å². The van der Waals surface area contributed by atoms with Crippen LogP contribution in [0.1, 0.15) is 24.6 Å². The number of aromatic nitrogens is 2. The smallest absolute Gasteiger partial charge is 0.338 e. The number of likely N-dealkylation sites (tertiary alicyclic amines) is 1. The molecule has 0 bridgehead atoms. The highest BCUT2D eigenvalue weighted by molar-refractivity contribution is 7.91. The molecule has 0 aliphatic carbocycles. The first-order chi connectivity index (χ1) is 9.63. The molecule has 0 amide bonds. The van der Waals surface area contributed by atoms with Gasteiger partial charge in [0.25, 0.3) is 0 Å². The van der Waals surface area contributed by atoms with Crippen molar-refractivity contribution in [2.45, 2.75) is 37.2 Å². The Kier molecular flexibility index (Phi) is 4.57. The molecule has 0 spiro atoms. The second kappa shape index (κ2) is 5.91. The molecular weight excluding hydrogens is 311 g/mol. The minimum Gasteiger partial charge on any atom is -0.338 e. The molecule has 2 heterocycles. The van der Waals surface area contributed by atoms with Gasteiger partial charge in [-0.3, -0.25) is 4.90 Å². The quantitative estimate of drug-likeness (QED) is 0.827. The van der Waals surface area contributed by atoms with Crippen molar-refractivity contribution >= 4 is 9.84 Å². The molecule has 1 saturated heterocycles. The number of hydrogen-bond donors (Lipinski definition) is 0. The van der Waals surface area contributed by atoms with Gasteiger partial charge >= 0.3 is 6.18 Å². The van der Waals surface area contributed by atoms with Crippen LogP contribution in [0.15, 0.2) is 4.52 Å². The SMILES string of the molecule is CS(=O)(=O)C1CCCN(Cc2nc(CC(F)(F)F)no2)C1. The summed E-state index contributed by atoms with van der Waals surface area (Å²) in [6.45, 7) is 1.15. The van der Waals surface area contributed by atoms with Gasteiger partial charge in [-0.2, -0.15) is 18.2 Å². The summed E-state index contributed by atoms with van der Waals surface area (Å²) in [6.07, 6.45) is -3.12. The number of halogens is 3. The summed E-state index contributed by atoms with van der Waals surface area (Å²) in [5.74, 6) is -0.336. The van der Waals surface area contributed by atoms with E-state index in [4.69, 9.17) is 4.52 Å². The maximum Gasteiger partial charge on any atom is 0.396 e. The molecule has 6 nitrogen and oxygen atoms in total. The third-order valence-electron chi connectivity index (χ3n) is 3.30. The molecule has 1 aliphatic heterocycles. The third kappa shape index (κ3) is 4.95. The van der Waals surface area contributed by atoms with Crippen LogP contribution in [0, 0.1) is 0 Å².